The molecule has 0 saturated heterocycles. The normalized spacial score (nSPS) is 16.1. The van der Waals surface area contributed by atoms with Gasteiger partial charge in [0.2, 0.25) is 5.79 Å². The van der Waals surface area contributed by atoms with Gasteiger partial charge < -0.3 is 14.2 Å². The minimum Gasteiger partial charge on any atom is -0.461 e. The second kappa shape index (κ2) is 8.99. The van der Waals surface area contributed by atoms with Crippen molar-refractivity contribution in [2.75, 3.05) is 12.4 Å². The minimum absolute atomic E-state index is 0.00444. The zero-order valence-electron chi connectivity index (χ0n) is 15.4. The molecule has 1 N–H and O–H groups in total. The molecule has 7 nitrogen and oxygen atoms in total. The minimum atomic E-state index is -4.23. The van der Waals surface area contributed by atoms with E-state index in [9.17, 15) is 17.6 Å². The third-order valence-corrected chi connectivity index (χ3v) is 4.78. The molecule has 2 rings (SSSR count). The number of halogens is 1. The van der Waals surface area contributed by atoms with Crippen LogP contribution in [0.3, 0.4) is 0 Å². The first-order valence-corrected chi connectivity index (χ1v) is 10.5. The van der Waals surface area contributed by atoms with E-state index in [1.807, 2.05) is 0 Å². The summed E-state index contributed by atoms with van der Waals surface area (Å²) in [6.07, 6.45) is 5.24. The molecule has 0 bridgehead atoms. The Morgan fingerprint density at radius 3 is 2.56 bits per heavy atom. The van der Waals surface area contributed by atoms with E-state index in [0.29, 0.717) is 0 Å². The predicted molar refractivity (Wildman–Crippen MR) is 95.8 cm³/mol. The van der Waals surface area contributed by atoms with E-state index in [0.717, 1.165) is 31.7 Å². The van der Waals surface area contributed by atoms with Gasteiger partial charge in [-0.3, -0.25) is 4.55 Å². The highest BCUT2D eigenvalue weighted by Gasteiger charge is 2.28. The van der Waals surface area contributed by atoms with Crippen LogP contribution in [-0.4, -0.2) is 43.2 Å². The number of benzene rings is 1. The molecule has 1 aliphatic rings. The fourth-order valence-corrected chi connectivity index (χ4v) is 3.20. The van der Waals surface area contributed by atoms with Crippen molar-refractivity contribution in [3.63, 3.8) is 0 Å². The van der Waals surface area contributed by atoms with E-state index in [2.05, 4.69) is 0 Å². The standard InChI is InChI=1S/C18H25FO7S/c1-18(2,25-14-6-4-3-5-7-14)26-16-12-13(8-9-15(16)19)17(20)24-10-11-27(21,22)23/h8-9,12,14H,3-7,10-11H2,1-2H3,(H,21,22,23). The lowest BCUT2D eigenvalue weighted by Crippen LogP contribution is -2.37. The third-order valence-electron chi connectivity index (χ3n) is 4.10. The van der Waals surface area contributed by atoms with Gasteiger partial charge in [0.25, 0.3) is 10.1 Å². The summed E-state index contributed by atoms with van der Waals surface area (Å²) in [5, 5.41) is 0. The largest absolute Gasteiger partial charge is 0.461 e. The molecule has 0 aromatic heterocycles. The number of ether oxygens (including phenoxy) is 3. The van der Waals surface area contributed by atoms with Gasteiger partial charge in [-0.05, 0) is 31.0 Å². The van der Waals surface area contributed by atoms with E-state index < -0.39 is 40.1 Å². The zero-order chi connectivity index (χ0) is 20.1. The molecule has 1 saturated carbocycles. The Kier molecular flexibility index (Phi) is 7.19. The van der Waals surface area contributed by atoms with Crippen LogP contribution in [0.25, 0.3) is 0 Å². The average Bonchev–Trinajstić information content (AvgIpc) is 2.56. The van der Waals surface area contributed by atoms with Crippen LogP contribution in [0, 0.1) is 5.82 Å². The molecule has 0 heterocycles. The average molecular weight is 404 g/mol. The number of carbonyl (C=O) groups is 1. The Bertz CT molecular complexity index is 755. The van der Waals surface area contributed by atoms with Gasteiger partial charge in [0.15, 0.2) is 11.6 Å². The Hall–Kier alpha value is -1.71. The molecule has 1 fully saturated rings. The van der Waals surface area contributed by atoms with Gasteiger partial charge in [0, 0.05) is 13.8 Å². The summed E-state index contributed by atoms with van der Waals surface area (Å²) in [4.78, 5) is 12.0. The van der Waals surface area contributed by atoms with E-state index in [1.165, 1.54) is 18.6 Å². The van der Waals surface area contributed by atoms with E-state index >= 15 is 0 Å². The van der Waals surface area contributed by atoms with Crippen LogP contribution in [0.4, 0.5) is 4.39 Å². The summed E-state index contributed by atoms with van der Waals surface area (Å²) in [5.74, 6) is -3.48. The van der Waals surface area contributed by atoms with Crippen molar-refractivity contribution in [2.45, 2.75) is 57.8 Å². The fraction of sp³-hybridized carbons (Fsp3) is 0.611. The van der Waals surface area contributed by atoms with Crippen molar-refractivity contribution >= 4 is 16.1 Å². The fourth-order valence-electron chi connectivity index (χ4n) is 2.90. The maximum Gasteiger partial charge on any atom is 0.338 e. The van der Waals surface area contributed by atoms with Crippen molar-refractivity contribution in [3.05, 3.63) is 29.6 Å². The molecule has 0 atom stereocenters. The molecular weight excluding hydrogens is 379 g/mol. The lowest BCUT2D eigenvalue weighted by molar-refractivity contribution is -0.194. The predicted octanol–water partition coefficient (Wildman–Crippen LogP) is 3.33. The van der Waals surface area contributed by atoms with Gasteiger partial charge in [0.05, 0.1) is 11.7 Å². The number of esters is 1. The SMILES string of the molecule is CC(C)(Oc1cc(C(=O)OCCS(=O)(=O)O)ccc1F)OC1CCCCC1. The molecule has 1 aliphatic carbocycles. The monoisotopic (exact) mass is 404 g/mol. The van der Waals surface area contributed by atoms with Crippen LogP contribution in [0.5, 0.6) is 5.75 Å². The highest BCUT2D eigenvalue weighted by Crippen LogP contribution is 2.29. The first-order valence-electron chi connectivity index (χ1n) is 8.84. The number of rotatable bonds is 8. The first kappa shape index (κ1) is 21.6. The summed E-state index contributed by atoms with van der Waals surface area (Å²) in [6, 6.07) is 3.44. The van der Waals surface area contributed by atoms with Crippen LogP contribution < -0.4 is 4.74 Å². The highest BCUT2D eigenvalue weighted by atomic mass is 32.2. The number of carbonyl (C=O) groups excluding carboxylic acids is 1. The summed E-state index contributed by atoms with van der Waals surface area (Å²) in [5.41, 5.74) is -0.00444. The van der Waals surface area contributed by atoms with Crippen molar-refractivity contribution in [1.29, 1.82) is 0 Å². The molecule has 0 radical (unpaired) electrons. The van der Waals surface area contributed by atoms with Gasteiger partial charge in [-0.15, -0.1) is 0 Å². The lowest BCUT2D eigenvalue weighted by Gasteiger charge is -2.33. The van der Waals surface area contributed by atoms with Crippen LogP contribution in [0.1, 0.15) is 56.3 Å². The Morgan fingerprint density at radius 2 is 1.93 bits per heavy atom. The van der Waals surface area contributed by atoms with Gasteiger partial charge >= 0.3 is 5.97 Å². The lowest BCUT2D eigenvalue weighted by atomic mass is 9.97. The summed E-state index contributed by atoms with van der Waals surface area (Å²) < 4.78 is 60.4. The summed E-state index contributed by atoms with van der Waals surface area (Å²) in [6.45, 7) is 2.85. The van der Waals surface area contributed by atoms with Crippen LogP contribution in [0.2, 0.25) is 0 Å². The maximum atomic E-state index is 14.1. The van der Waals surface area contributed by atoms with Gasteiger partial charge in [-0.25, -0.2) is 9.18 Å². The highest BCUT2D eigenvalue weighted by molar-refractivity contribution is 7.85. The van der Waals surface area contributed by atoms with Crippen LogP contribution >= 0.6 is 0 Å². The molecule has 0 spiro atoms. The first-order chi connectivity index (χ1) is 12.6. The smallest absolute Gasteiger partial charge is 0.338 e. The third kappa shape index (κ3) is 7.43. The number of hydrogen-bond acceptors (Lipinski definition) is 6. The molecule has 1 aromatic carbocycles. The Labute approximate surface area is 158 Å². The molecule has 0 aliphatic heterocycles. The Balaban J connectivity index is 2.01. The van der Waals surface area contributed by atoms with E-state index in [4.69, 9.17) is 18.8 Å². The molecule has 0 amide bonds. The topological polar surface area (TPSA) is 99.1 Å². The molecule has 152 valence electrons. The van der Waals surface area contributed by atoms with Crippen molar-refractivity contribution < 1.29 is 36.4 Å². The molecular formula is C18H25FO7S. The van der Waals surface area contributed by atoms with Crippen molar-refractivity contribution in [2.24, 2.45) is 0 Å². The molecule has 27 heavy (non-hydrogen) atoms. The second-order valence-electron chi connectivity index (χ2n) is 6.95. The van der Waals surface area contributed by atoms with E-state index in [-0.39, 0.29) is 17.4 Å². The van der Waals surface area contributed by atoms with E-state index in [1.54, 1.807) is 13.8 Å². The van der Waals surface area contributed by atoms with Gasteiger partial charge in [-0.1, -0.05) is 19.3 Å². The Morgan fingerprint density at radius 1 is 1.26 bits per heavy atom. The number of hydrogen-bond donors (Lipinski definition) is 1. The molecule has 1 aromatic rings. The summed E-state index contributed by atoms with van der Waals surface area (Å²) >= 11 is 0. The van der Waals surface area contributed by atoms with Crippen molar-refractivity contribution in [3.8, 4) is 5.75 Å². The van der Waals surface area contributed by atoms with Crippen molar-refractivity contribution in [1.82, 2.24) is 0 Å². The quantitative estimate of drug-likeness (QED) is 0.403. The second-order valence-corrected chi connectivity index (χ2v) is 8.52. The van der Waals surface area contributed by atoms with Crippen LogP contribution in [0.15, 0.2) is 18.2 Å². The van der Waals surface area contributed by atoms with Gasteiger partial charge in [0.1, 0.15) is 12.4 Å². The molecule has 0 unspecified atom stereocenters. The zero-order valence-corrected chi connectivity index (χ0v) is 16.3. The van der Waals surface area contributed by atoms with Gasteiger partial charge in [-0.2, -0.15) is 8.42 Å². The maximum absolute atomic E-state index is 14.1. The summed E-state index contributed by atoms with van der Waals surface area (Å²) in [7, 11) is -4.23. The molecule has 9 heteroatoms. The van der Waals surface area contributed by atoms with Crippen LogP contribution in [-0.2, 0) is 19.6 Å².